The highest BCUT2D eigenvalue weighted by molar-refractivity contribution is 7.13. The van der Waals surface area contributed by atoms with Crippen LogP contribution in [0.25, 0.3) is 10.4 Å². The van der Waals surface area contributed by atoms with E-state index in [-0.39, 0.29) is 42.4 Å². The second-order valence-electron chi connectivity index (χ2n) is 12.3. The van der Waals surface area contributed by atoms with Gasteiger partial charge in [-0.15, -0.1) is 11.3 Å². The Balaban J connectivity index is 1.81. The number of aryl methyl sites for hydroxylation is 2. The molecule has 1 aromatic carbocycles. The largest absolute Gasteiger partial charge is 0.391 e. The number of thiazole rings is 1. The van der Waals surface area contributed by atoms with Gasteiger partial charge in [0.05, 0.1) is 28.2 Å². The molecule has 0 radical (unpaired) electrons. The summed E-state index contributed by atoms with van der Waals surface area (Å²) < 4.78 is 0. The van der Waals surface area contributed by atoms with Crippen LogP contribution in [0.15, 0.2) is 23.7 Å². The molecular weight excluding hydrogens is 486 g/mol. The molecule has 3 unspecified atom stereocenters. The van der Waals surface area contributed by atoms with Crippen molar-refractivity contribution in [2.45, 2.75) is 98.3 Å². The van der Waals surface area contributed by atoms with Crippen LogP contribution in [-0.4, -0.2) is 57.3 Å². The maximum absolute atomic E-state index is 13.5. The van der Waals surface area contributed by atoms with Crippen molar-refractivity contribution in [3.8, 4) is 10.4 Å². The topological polar surface area (TPSA) is 99.6 Å². The zero-order chi connectivity index (χ0) is 27.7. The lowest BCUT2D eigenvalue weighted by molar-refractivity contribution is -0.143. The minimum Gasteiger partial charge on any atom is -0.391 e. The number of amides is 2. The third-order valence-corrected chi connectivity index (χ3v) is 7.94. The summed E-state index contributed by atoms with van der Waals surface area (Å²) in [4.78, 5) is 45.7. The molecule has 1 aliphatic rings. The molecule has 2 amide bonds. The molecule has 2 N–H and O–H groups in total. The molecule has 0 saturated carbocycles. The first-order chi connectivity index (χ1) is 17.1. The molecule has 1 fully saturated rings. The third kappa shape index (κ3) is 6.85. The molecule has 3 atom stereocenters. The van der Waals surface area contributed by atoms with Crippen LogP contribution >= 0.6 is 11.3 Å². The maximum Gasteiger partial charge on any atom is 0.246 e. The van der Waals surface area contributed by atoms with Crippen molar-refractivity contribution in [1.29, 1.82) is 0 Å². The molecule has 37 heavy (non-hydrogen) atoms. The number of aliphatic hydroxyl groups is 1. The Hall–Kier alpha value is -2.58. The van der Waals surface area contributed by atoms with Crippen LogP contribution in [0.3, 0.4) is 0 Å². The Kier molecular flexibility index (Phi) is 8.64. The Morgan fingerprint density at radius 3 is 2.41 bits per heavy atom. The Labute approximate surface area is 224 Å². The summed E-state index contributed by atoms with van der Waals surface area (Å²) in [5.74, 6) is -0.692. The van der Waals surface area contributed by atoms with E-state index in [1.165, 1.54) is 17.4 Å². The number of carbonyl (C=O) groups is 3. The van der Waals surface area contributed by atoms with Gasteiger partial charge in [0, 0.05) is 26.3 Å². The number of nitrogens with one attached hydrogen (secondary N) is 1. The molecule has 0 bridgehead atoms. The quantitative estimate of drug-likeness (QED) is 0.555. The van der Waals surface area contributed by atoms with Gasteiger partial charge in [-0.05, 0) is 46.9 Å². The first kappa shape index (κ1) is 29.0. The average molecular weight is 528 g/mol. The fourth-order valence-electron chi connectivity index (χ4n) is 5.02. The number of Topliss-reactive ketones (excluding diaryl/α,β-unsaturated/α-hetero) is 1. The zero-order valence-corrected chi connectivity index (χ0v) is 24.2. The van der Waals surface area contributed by atoms with Gasteiger partial charge in [0.25, 0.3) is 0 Å². The highest BCUT2D eigenvalue weighted by atomic mass is 32.1. The predicted octanol–water partition coefficient (Wildman–Crippen LogP) is 4.43. The van der Waals surface area contributed by atoms with Crippen molar-refractivity contribution in [3.05, 3.63) is 40.5 Å². The van der Waals surface area contributed by atoms with Gasteiger partial charge in [0.1, 0.15) is 6.04 Å². The molecule has 3 rings (SSSR count). The van der Waals surface area contributed by atoms with Gasteiger partial charge in [0.15, 0.2) is 5.78 Å². The number of aromatic nitrogens is 1. The minimum absolute atomic E-state index is 0.0670. The summed E-state index contributed by atoms with van der Waals surface area (Å²) in [6.07, 6.45) is 0.278. The molecule has 1 aromatic heterocycles. The van der Waals surface area contributed by atoms with Crippen LogP contribution in [0.2, 0.25) is 0 Å². The molecule has 2 aromatic rings. The normalized spacial score (nSPS) is 19.1. The highest BCUT2D eigenvalue weighted by Gasteiger charge is 2.43. The molecule has 7 nitrogen and oxygen atoms in total. The number of β-amino-alcohol motifs (C(OH)–C–C–N with tert-alkyl or cyclic N) is 1. The number of benzene rings is 1. The van der Waals surface area contributed by atoms with Gasteiger partial charge in [-0.2, -0.15) is 0 Å². The number of nitrogens with zero attached hydrogens (tertiary/aromatic N) is 2. The SMILES string of the molecule is CC(=O)NC(C(=O)N1CC(O)CC1C(=O)CCc1ccc(-c2scnc2C)cc1C(C)(C)C)C(C)(C)C. The van der Waals surface area contributed by atoms with Gasteiger partial charge in [-0.1, -0.05) is 53.7 Å². The van der Waals surface area contributed by atoms with Crippen LogP contribution in [0.4, 0.5) is 0 Å². The number of likely N-dealkylation sites (tertiary alicyclic amines) is 1. The molecule has 8 heteroatoms. The lowest BCUT2D eigenvalue weighted by Crippen LogP contribution is -2.56. The van der Waals surface area contributed by atoms with E-state index in [9.17, 15) is 19.5 Å². The van der Waals surface area contributed by atoms with E-state index >= 15 is 0 Å². The van der Waals surface area contributed by atoms with Crippen LogP contribution < -0.4 is 5.32 Å². The Morgan fingerprint density at radius 2 is 1.86 bits per heavy atom. The van der Waals surface area contributed by atoms with E-state index in [1.807, 2.05) is 33.2 Å². The summed E-state index contributed by atoms with van der Waals surface area (Å²) in [6, 6.07) is 4.92. The summed E-state index contributed by atoms with van der Waals surface area (Å²) >= 11 is 1.62. The predicted molar refractivity (Wildman–Crippen MR) is 147 cm³/mol. The third-order valence-electron chi connectivity index (χ3n) is 6.96. The lowest BCUT2D eigenvalue weighted by atomic mass is 9.81. The van der Waals surface area contributed by atoms with Crippen LogP contribution in [0, 0.1) is 12.3 Å². The van der Waals surface area contributed by atoms with Gasteiger partial charge >= 0.3 is 0 Å². The molecular formula is C29H41N3O4S. The van der Waals surface area contributed by atoms with Crippen molar-refractivity contribution >= 4 is 28.9 Å². The Morgan fingerprint density at radius 1 is 1.19 bits per heavy atom. The van der Waals surface area contributed by atoms with Crippen LogP contribution in [0.5, 0.6) is 0 Å². The fourth-order valence-corrected chi connectivity index (χ4v) is 5.82. The lowest BCUT2D eigenvalue weighted by Gasteiger charge is -2.35. The molecule has 1 saturated heterocycles. The first-order valence-electron chi connectivity index (χ1n) is 12.9. The molecule has 2 heterocycles. The summed E-state index contributed by atoms with van der Waals surface area (Å²) in [6.45, 7) is 15.6. The van der Waals surface area contributed by atoms with E-state index in [2.05, 4.69) is 49.3 Å². The van der Waals surface area contributed by atoms with Crippen molar-refractivity contribution in [2.75, 3.05) is 6.54 Å². The number of ketones is 1. The molecule has 1 aliphatic heterocycles. The zero-order valence-electron chi connectivity index (χ0n) is 23.3. The molecule has 202 valence electrons. The summed E-state index contributed by atoms with van der Waals surface area (Å²) in [7, 11) is 0. The Bertz CT molecular complexity index is 1160. The summed E-state index contributed by atoms with van der Waals surface area (Å²) in [5.41, 5.74) is 5.62. The van der Waals surface area contributed by atoms with E-state index in [1.54, 1.807) is 11.3 Å². The number of carbonyl (C=O) groups excluding carboxylic acids is 3. The van der Waals surface area contributed by atoms with Crippen LogP contribution in [0.1, 0.15) is 78.1 Å². The first-order valence-corrected chi connectivity index (χ1v) is 13.8. The fraction of sp³-hybridized carbons (Fsp3) is 0.586. The number of rotatable bonds is 7. The van der Waals surface area contributed by atoms with Gasteiger partial charge in [-0.25, -0.2) is 4.98 Å². The van der Waals surface area contributed by atoms with Gasteiger partial charge in [-0.3, -0.25) is 14.4 Å². The van der Waals surface area contributed by atoms with E-state index in [4.69, 9.17) is 0 Å². The van der Waals surface area contributed by atoms with Crippen molar-refractivity contribution in [1.82, 2.24) is 15.2 Å². The second kappa shape index (κ2) is 11.0. The van der Waals surface area contributed by atoms with Crippen molar-refractivity contribution in [3.63, 3.8) is 0 Å². The molecule has 0 spiro atoms. The highest BCUT2D eigenvalue weighted by Crippen LogP contribution is 2.34. The molecule has 0 aliphatic carbocycles. The van der Waals surface area contributed by atoms with E-state index in [0.29, 0.717) is 6.42 Å². The smallest absolute Gasteiger partial charge is 0.246 e. The van der Waals surface area contributed by atoms with E-state index < -0.39 is 23.6 Å². The van der Waals surface area contributed by atoms with Crippen molar-refractivity contribution < 1.29 is 19.5 Å². The maximum atomic E-state index is 13.5. The van der Waals surface area contributed by atoms with Crippen LogP contribution in [-0.2, 0) is 26.2 Å². The van der Waals surface area contributed by atoms with E-state index in [0.717, 1.165) is 21.7 Å². The minimum atomic E-state index is -0.777. The van der Waals surface area contributed by atoms with Gasteiger partial charge < -0.3 is 15.3 Å². The average Bonchev–Trinajstić information content (AvgIpc) is 3.39. The van der Waals surface area contributed by atoms with Gasteiger partial charge in [0.2, 0.25) is 11.8 Å². The monoisotopic (exact) mass is 527 g/mol. The number of hydrogen-bond acceptors (Lipinski definition) is 6. The second-order valence-corrected chi connectivity index (χ2v) is 13.1. The number of hydrogen-bond donors (Lipinski definition) is 2. The summed E-state index contributed by atoms with van der Waals surface area (Å²) in [5, 5.41) is 13.1. The number of aliphatic hydroxyl groups excluding tert-OH is 1. The van der Waals surface area contributed by atoms with Crippen molar-refractivity contribution in [2.24, 2.45) is 5.41 Å². The standard InChI is InChI=1S/C29H41N3O4S/c1-17-25(37-16-30-17)20-10-9-19(22(13-20)28(3,4)5)11-12-24(35)23-14-21(34)15-32(23)27(36)26(29(6,7)8)31-18(2)33/h9-10,13,16,21,23,26,34H,11-12,14-15H2,1-8H3,(H,31,33).